The Morgan fingerprint density at radius 3 is 2.80 bits per heavy atom. The quantitative estimate of drug-likeness (QED) is 0.304. The van der Waals surface area contributed by atoms with Gasteiger partial charge < -0.3 is 20.8 Å². The van der Waals surface area contributed by atoms with Crippen LogP contribution in [0.1, 0.15) is 18.9 Å². The molecule has 4 N–H and O–H groups in total. The van der Waals surface area contributed by atoms with E-state index in [0.29, 0.717) is 25.2 Å². The van der Waals surface area contributed by atoms with Crippen LogP contribution in [0.25, 0.3) is 0 Å². The van der Waals surface area contributed by atoms with Crippen molar-refractivity contribution >= 4 is 11.4 Å². The van der Waals surface area contributed by atoms with Gasteiger partial charge in [-0.2, -0.15) is 0 Å². The fraction of sp³-hybridized carbons (Fsp3) is 0.538. The minimum absolute atomic E-state index is 0.00731. The van der Waals surface area contributed by atoms with Crippen LogP contribution in [0, 0.1) is 10.1 Å². The first-order chi connectivity index (χ1) is 9.54. The van der Waals surface area contributed by atoms with E-state index in [0.717, 1.165) is 5.56 Å². The smallest absolute Gasteiger partial charge is 0.292 e. The van der Waals surface area contributed by atoms with Gasteiger partial charge in [0.1, 0.15) is 5.69 Å². The van der Waals surface area contributed by atoms with E-state index in [9.17, 15) is 15.2 Å². The highest BCUT2D eigenvalue weighted by atomic mass is 16.6. The second-order valence-corrected chi connectivity index (χ2v) is 4.59. The van der Waals surface area contributed by atoms with Crippen molar-refractivity contribution in [2.24, 2.45) is 0 Å². The third-order valence-corrected chi connectivity index (χ3v) is 2.69. The van der Waals surface area contributed by atoms with E-state index in [1.807, 2.05) is 0 Å². The molecule has 1 unspecified atom stereocenters. The number of benzene rings is 1. The van der Waals surface area contributed by atoms with Gasteiger partial charge in [-0.1, -0.05) is 6.07 Å². The molecule has 1 atom stereocenters. The van der Waals surface area contributed by atoms with Crippen LogP contribution < -0.4 is 10.6 Å². The fourth-order valence-corrected chi connectivity index (χ4v) is 1.68. The highest BCUT2D eigenvalue weighted by molar-refractivity contribution is 5.62. The molecule has 0 heterocycles. The van der Waals surface area contributed by atoms with E-state index >= 15 is 0 Å². The lowest BCUT2D eigenvalue weighted by molar-refractivity contribution is -0.384. The SMILES string of the molecule is CC(O)CNc1ccc(CNCCCO)cc1[N+](=O)[O-]. The number of hydrogen-bond donors (Lipinski definition) is 4. The summed E-state index contributed by atoms with van der Waals surface area (Å²) in [6.07, 6.45) is 0.0743. The van der Waals surface area contributed by atoms with Gasteiger partial charge in [-0.3, -0.25) is 10.1 Å². The summed E-state index contributed by atoms with van der Waals surface area (Å²) in [4.78, 5) is 10.6. The van der Waals surface area contributed by atoms with E-state index in [-0.39, 0.29) is 18.8 Å². The fourth-order valence-electron chi connectivity index (χ4n) is 1.68. The van der Waals surface area contributed by atoms with Crippen LogP contribution in [-0.4, -0.2) is 40.9 Å². The van der Waals surface area contributed by atoms with E-state index in [2.05, 4.69) is 10.6 Å². The lowest BCUT2D eigenvalue weighted by atomic mass is 10.1. The van der Waals surface area contributed by atoms with Crippen molar-refractivity contribution in [3.63, 3.8) is 0 Å². The van der Waals surface area contributed by atoms with Gasteiger partial charge in [-0.05, 0) is 31.5 Å². The summed E-state index contributed by atoms with van der Waals surface area (Å²) in [5.41, 5.74) is 1.19. The molecule has 0 spiro atoms. The van der Waals surface area contributed by atoms with Crippen LogP contribution in [0.4, 0.5) is 11.4 Å². The molecule has 0 aromatic heterocycles. The Hall–Kier alpha value is -1.70. The zero-order valence-electron chi connectivity index (χ0n) is 11.5. The molecule has 0 aliphatic carbocycles. The van der Waals surface area contributed by atoms with Crippen LogP contribution in [0.5, 0.6) is 0 Å². The number of nitro benzene ring substituents is 1. The van der Waals surface area contributed by atoms with Crippen molar-refractivity contribution in [3.05, 3.63) is 33.9 Å². The molecule has 7 heteroatoms. The van der Waals surface area contributed by atoms with Crippen LogP contribution in [0.15, 0.2) is 18.2 Å². The monoisotopic (exact) mass is 283 g/mol. The summed E-state index contributed by atoms with van der Waals surface area (Å²) < 4.78 is 0. The molecule has 112 valence electrons. The number of nitrogens with zero attached hydrogens (tertiary/aromatic N) is 1. The Labute approximate surface area is 117 Å². The molecule has 20 heavy (non-hydrogen) atoms. The highest BCUT2D eigenvalue weighted by Gasteiger charge is 2.14. The average molecular weight is 283 g/mol. The van der Waals surface area contributed by atoms with Gasteiger partial charge in [0.25, 0.3) is 5.69 Å². The maximum absolute atomic E-state index is 11.0. The summed E-state index contributed by atoms with van der Waals surface area (Å²) in [6.45, 7) is 3.16. The number of aliphatic hydroxyl groups excluding tert-OH is 2. The van der Waals surface area contributed by atoms with Crippen molar-refractivity contribution in [1.82, 2.24) is 5.32 Å². The lowest BCUT2D eigenvalue weighted by Gasteiger charge is -2.10. The maximum atomic E-state index is 11.0. The third kappa shape index (κ3) is 5.52. The van der Waals surface area contributed by atoms with Crippen LogP contribution in [0.3, 0.4) is 0 Å². The standard InChI is InChI=1S/C13H21N3O4/c1-10(18)8-15-12-4-3-11(7-13(12)16(19)20)9-14-5-2-6-17/h3-4,7,10,14-15,17-18H,2,5-6,8-9H2,1H3. The molecule has 0 radical (unpaired) electrons. The topological polar surface area (TPSA) is 108 Å². The number of rotatable bonds is 9. The third-order valence-electron chi connectivity index (χ3n) is 2.69. The first-order valence-corrected chi connectivity index (χ1v) is 6.55. The Kier molecular flexibility index (Phi) is 6.92. The second-order valence-electron chi connectivity index (χ2n) is 4.59. The summed E-state index contributed by atoms with van der Waals surface area (Å²) in [6, 6.07) is 4.95. The largest absolute Gasteiger partial charge is 0.396 e. The average Bonchev–Trinajstić information content (AvgIpc) is 2.41. The summed E-state index contributed by atoms with van der Waals surface area (Å²) >= 11 is 0. The minimum Gasteiger partial charge on any atom is -0.396 e. The van der Waals surface area contributed by atoms with Crippen molar-refractivity contribution in [3.8, 4) is 0 Å². The molecular weight excluding hydrogens is 262 g/mol. The molecule has 7 nitrogen and oxygen atoms in total. The van der Waals surface area contributed by atoms with E-state index in [1.165, 1.54) is 6.07 Å². The van der Waals surface area contributed by atoms with Crippen molar-refractivity contribution in [2.45, 2.75) is 26.0 Å². The first kappa shape index (κ1) is 16.4. The van der Waals surface area contributed by atoms with E-state index in [4.69, 9.17) is 5.11 Å². The molecule has 0 aliphatic heterocycles. The summed E-state index contributed by atoms with van der Waals surface area (Å²) in [5, 5.41) is 34.9. The molecule has 0 saturated carbocycles. The Bertz CT molecular complexity index is 438. The molecule has 0 amide bonds. The van der Waals surface area contributed by atoms with Crippen LogP contribution >= 0.6 is 0 Å². The number of aliphatic hydroxyl groups is 2. The van der Waals surface area contributed by atoms with Crippen molar-refractivity contribution in [1.29, 1.82) is 0 Å². The van der Waals surface area contributed by atoms with Gasteiger partial charge >= 0.3 is 0 Å². The number of anilines is 1. The van der Waals surface area contributed by atoms with E-state index in [1.54, 1.807) is 19.1 Å². The van der Waals surface area contributed by atoms with Gasteiger partial charge in [0.2, 0.25) is 0 Å². The predicted octanol–water partition coefficient (Wildman–Crippen LogP) is 0.859. The first-order valence-electron chi connectivity index (χ1n) is 6.55. The molecule has 0 saturated heterocycles. The van der Waals surface area contributed by atoms with Gasteiger partial charge in [0.05, 0.1) is 11.0 Å². The zero-order valence-corrected chi connectivity index (χ0v) is 11.5. The van der Waals surface area contributed by atoms with E-state index < -0.39 is 11.0 Å². The molecule has 1 aromatic rings. The second kappa shape index (κ2) is 8.47. The van der Waals surface area contributed by atoms with Gasteiger partial charge in [0.15, 0.2) is 0 Å². The van der Waals surface area contributed by atoms with Crippen molar-refractivity contribution < 1.29 is 15.1 Å². The molecule has 1 aromatic carbocycles. The molecule has 0 aliphatic rings. The van der Waals surface area contributed by atoms with Crippen LogP contribution in [0.2, 0.25) is 0 Å². The number of hydrogen-bond acceptors (Lipinski definition) is 6. The Morgan fingerprint density at radius 1 is 1.45 bits per heavy atom. The Morgan fingerprint density at radius 2 is 2.20 bits per heavy atom. The summed E-state index contributed by atoms with van der Waals surface area (Å²) in [5.74, 6) is 0. The van der Waals surface area contributed by atoms with Gasteiger partial charge in [-0.15, -0.1) is 0 Å². The number of nitrogens with one attached hydrogen (secondary N) is 2. The molecular formula is C13H21N3O4. The molecule has 0 bridgehead atoms. The highest BCUT2D eigenvalue weighted by Crippen LogP contribution is 2.25. The van der Waals surface area contributed by atoms with Crippen LogP contribution in [-0.2, 0) is 6.54 Å². The number of nitro groups is 1. The zero-order chi connectivity index (χ0) is 15.0. The van der Waals surface area contributed by atoms with Crippen molar-refractivity contribution in [2.75, 3.05) is 25.0 Å². The lowest BCUT2D eigenvalue weighted by Crippen LogP contribution is -2.17. The van der Waals surface area contributed by atoms with Gasteiger partial charge in [-0.25, -0.2) is 0 Å². The Balaban J connectivity index is 2.71. The minimum atomic E-state index is -0.575. The summed E-state index contributed by atoms with van der Waals surface area (Å²) in [7, 11) is 0. The van der Waals surface area contributed by atoms with Gasteiger partial charge in [0, 0.05) is 25.8 Å². The molecule has 1 rings (SSSR count). The molecule has 0 fully saturated rings. The normalized spacial score (nSPS) is 12.2. The maximum Gasteiger partial charge on any atom is 0.292 e. The predicted molar refractivity (Wildman–Crippen MR) is 76.7 cm³/mol.